The lowest BCUT2D eigenvalue weighted by Crippen LogP contribution is -2.47. The number of carbonyl (C=O) groups is 6. The minimum absolute atomic E-state index is 0.114. The van der Waals surface area contributed by atoms with Gasteiger partial charge in [-0.15, -0.1) is 0 Å². The Bertz CT molecular complexity index is 1440. The highest BCUT2D eigenvalue weighted by molar-refractivity contribution is 7.80. The van der Waals surface area contributed by atoms with E-state index in [1.165, 1.54) is 18.2 Å². The van der Waals surface area contributed by atoms with Crippen molar-refractivity contribution in [2.45, 2.75) is 13.8 Å². The van der Waals surface area contributed by atoms with Gasteiger partial charge in [-0.25, -0.2) is 0 Å². The predicted octanol–water partition coefficient (Wildman–Crippen LogP) is 0.671. The summed E-state index contributed by atoms with van der Waals surface area (Å²) in [5.74, 6) is -4.91. The standard InChI is InChI=1S/C24H21N7O6S2/c1-3-28-19(34)21(36)30(23(28)38)26-17(32)13-9-11-14(12-10-13)25-16-8-6-5-7-15(16)18(33)27-31-22(37)20(35)29(4-2)24(31)39/h5-12,25H,3-4H2,1-2H3,(H,26,32)(H,27,33). The number of nitrogens with one attached hydrogen (secondary N) is 3. The molecule has 3 N–H and O–H groups in total. The second-order valence-electron chi connectivity index (χ2n) is 8.07. The lowest BCUT2D eigenvalue weighted by Gasteiger charge is -2.19. The molecule has 0 radical (unpaired) electrons. The van der Waals surface area contributed by atoms with Crippen LogP contribution in [0, 0.1) is 0 Å². The van der Waals surface area contributed by atoms with Crippen molar-refractivity contribution in [3.05, 3.63) is 59.7 Å². The van der Waals surface area contributed by atoms with Gasteiger partial charge in [0.25, 0.3) is 11.8 Å². The summed E-state index contributed by atoms with van der Waals surface area (Å²) in [5, 5.41) is 4.29. The quantitative estimate of drug-likeness (QED) is 0.309. The van der Waals surface area contributed by atoms with E-state index in [0.717, 1.165) is 19.8 Å². The number of benzene rings is 2. The van der Waals surface area contributed by atoms with Gasteiger partial charge in [-0.05, 0) is 74.7 Å². The lowest BCUT2D eigenvalue weighted by atomic mass is 10.1. The average molecular weight is 568 g/mol. The number of para-hydroxylation sites is 1. The van der Waals surface area contributed by atoms with E-state index in [9.17, 15) is 28.8 Å². The molecule has 2 fully saturated rings. The van der Waals surface area contributed by atoms with Crippen LogP contribution in [0.5, 0.6) is 0 Å². The fourth-order valence-corrected chi connectivity index (χ4v) is 4.43. The van der Waals surface area contributed by atoms with E-state index in [1.807, 2.05) is 0 Å². The molecule has 39 heavy (non-hydrogen) atoms. The summed E-state index contributed by atoms with van der Waals surface area (Å²) < 4.78 is 0. The van der Waals surface area contributed by atoms with Crippen LogP contribution in [0.3, 0.4) is 0 Å². The minimum atomic E-state index is -0.960. The summed E-state index contributed by atoms with van der Waals surface area (Å²) in [7, 11) is 0. The number of nitrogens with zero attached hydrogens (tertiary/aromatic N) is 4. The van der Waals surface area contributed by atoms with Crippen molar-refractivity contribution in [3.8, 4) is 0 Å². The number of hydrogen-bond acceptors (Lipinski definition) is 9. The van der Waals surface area contributed by atoms with E-state index in [-0.39, 0.29) is 34.4 Å². The molecule has 0 atom stereocenters. The van der Waals surface area contributed by atoms with Crippen molar-refractivity contribution in [1.82, 2.24) is 30.7 Å². The van der Waals surface area contributed by atoms with Crippen molar-refractivity contribution < 1.29 is 28.8 Å². The molecule has 2 heterocycles. The third-order valence-corrected chi connectivity index (χ3v) is 6.57. The van der Waals surface area contributed by atoms with Gasteiger partial charge in [0.05, 0.1) is 11.3 Å². The van der Waals surface area contributed by atoms with E-state index in [4.69, 9.17) is 24.4 Å². The molecule has 0 spiro atoms. The maximum atomic E-state index is 13.0. The van der Waals surface area contributed by atoms with Gasteiger partial charge in [-0.1, -0.05) is 12.1 Å². The van der Waals surface area contributed by atoms with Gasteiger partial charge in [0, 0.05) is 24.3 Å². The second-order valence-corrected chi connectivity index (χ2v) is 8.81. The number of amides is 6. The van der Waals surface area contributed by atoms with Crippen molar-refractivity contribution in [3.63, 3.8) is 0 Å². The SMILES string of the molecule is CCN1C(=O)C(=O)N(NC(=O)c2ccc(Nc3ccccc3C(=O)NN3C(=O)C(=O)N(CC)C3=S)cc2)C1=S. The van der Waals surface area contributed by atoms with E-state index >= 15 is 0 Å². The summed E-state index contributed by atoms with van der Waals surface area (Å²) in [6.45, 7) is 3.67. The molecule has 0 saturated carbocycles. The normalized spacial score (nSPS) is 15.4. The predicted molar refractivity (Wildman–Crippen MR) is 145 cm³/mol. The first kappa shape index (κ1) is 27.3. The van der Waals surface area contributed by atoms with Crippen LogP contribution in [0.2, 0.25) is 0 Å². The van der Waals surface area contributed by atoms with E-state index in [0.29, 0.717) is 11.4 Å². The monoisotopic (exact) mass is 567 g/mol. The number of carbonyl (C=O) groups excluding carboxylic acids is 6. The van der Waals surface area contributed by atoms with Gasteiger partial charge in [-0.2, -0.15) is 10.0 Å². The molecule has 200 valence electrons. The van der Waals surface area contributed by atoms with E-state index < -0.39 is 35.4 Å². The Morgan fingerprint density at radius 1 is 0.692 bits per heavy atom. The molecule has 0 aromatic heterocycles. The summed E-state index contributed by atoms with van der Waals surface area (Å²) in [4.78, 5) is 76.2. The molecular formula is C24H21N7O6S2. The Balaban J connectivity index is 1.45. The fourth-order valence-electron chi connectivity index (χ4n) is 3.74. The maximum absolute atomic E-state index is 13.0. The number of hydrazine groups is 2. The van der Waals surface area contributed by atoms with Crippen LogP contribution in [0.1, 0.15) is 34.6 Å². The van der Waals surface area contributed by atoms with Crippen LogP contribution in [0.4, 0.5) is 11.4 Å². The summed E-state index contributed by atoms with van der Waals surface area (Å²) >= 11 is 10.2. The largest absolute Gasteiger partial charge is 0.355 e. The van der Waals surface area contributed by atoms with E-state index in [2.05, 4.69) is 16.2 Å². The zero-order valence-corrected chi connectivity index (χ0v) is 22.2. The second kappa shape index (κ2) is 10.9. The molecular weight excluding hydrogens is 546 g/mol. The first-order chi connectivity index (χ1) is 18.6. The molecule has 2 aliphatic heterocycles. The minimum Gasteiger partial charge on any atom is -0.355 e. The number of likely N-dealkylation sites (N-methyl/N-ethyl adjacent to an activating group) is 2. The highest BCUT2D eigenvalue weighted by Crippen LogP contribution is 2.22. The van der Waals surface area contributed by atoms with Crippen LogP contribution < -0.4 is 16.2 Å². The summed E-state index contributed by atoms with van der Waals surface area (Å²) in [6.07, 6.45) is 0. The van der Waals surface area contributed by atoms with Gasteiger partial charge < -0.3 is 5.32 Å². The molecule has 15 heteroatoms. The van der Waals surface area contributed by atoms with Crippen molar-refractivity contribution in [2.24, 2.45) is 0 Å². The van der Waals surface area contributed by atoms with Crippen LogP contribution in [0.25, 0.3) is 0 Å². The van der Waals surface area contributed by atoms with Crippen molar-refractivity contribution in [1.29, 1.82) is 0 Å². The lowest BCUT2D eigenvalue weighted by molar-refractivity contribution is -0.143. The van der Waals surface area contributed by atoms with Crippen LogP contribution in [-0.2, 0) is 19.2 Å². The molecule has 6 amide bonds. The van der Waals surface area contributed by atoms with Gasteiger partial charge in [-0.3, -0.25) is 49.4 Å². The molecule has 2 aromatic rings. The highest BCUT2D eigenvalue weighted by Gasteiger charge is 2.43. The van der Waals surface area contributed by atoms with Gasteiger partial charge >= 0.3 is 23.6 Å². The number of anilines is 2. The molecule has 0 unspecified atom stereocenters. The summed E-state index contributed by atoms with van der Waals surface area (Å²) in [5.41, 5.74) is 5.91. The molecule has 2 saturated heterocycles. The Labute approximate surface area is 232 Å². The maximum Gasteiger partial charge on any atom is 0.337 e. The Kier molecular flexibility index (Phi) is 7.64. The van der Waals surface area contributed by atoms with Gasteiger partial charge in [0.2, 0.25) is 10.2 Å². The Morgan fingerprint density at radius 2 is 1.18 bits per heavy atom. The molecule has 2 aromatic carbocycles. The Morgan fingerprint density at radius 3 is 1.67 bits per heavy atom. The smallest absolute Gasteiger partial charge is 0.337 e. The van der Waals surface area contributed by atoms with Crippen molar-refractivity contribution in [2.75, 3.05) is 18.4 Å². The number of hydrogen-bond donors (Lipinski definition) is 3. The zero-order valence-electron chi connectivity index (χ0n) is 20.6. The first-order valence-corrected chi connectivity index (χ1v) is 12.4. The molecule has 2 aliphatic rings. The van der Waals surface area contributed by atoms with Crippen molar-refractivity contribution >= 4 is 81.5 Å². The molecule has 0 aliphatic carbocycles. The zero-order chi connectivity index (χ0) is 28.4. The third-order valence-electron chi connectivity index (χ3n) is 5.76. The topological polar surface area (TPSA) is 151 Å². The Hall–Kier alpha value is -4.76. The van der Waals surface area contributed by atoms with E-state index in [1.54, 1.807) is 44.2 Å². The van der Waals surface area contributed by atoms with Crippen LogP contribution in [-0.4, -0.2) is 78.6 Å². The molecule has 0 bridgehead atoms. The summed E-state index contributed by atoms with van der Waals surface area (Å²) in [6, 6.07) is 12.5. The average Bonchev–Trinajstić information content (AvgIpc) is 3.26. The number of thiocarbonyl (C=S) groups is 2. The number of rotatable bonds is 8. The molecule has 4 rings (SSSR count). The molecule has 13 nitrogen and oxygen atoms in total. The third kappa shape index (κ3) is 5.04. The van der Waals surface area contributed by atoms with Gasteiger partial charge in [0.15, 0.2) is 0 Å². The first-order valence-electron chi connectivity index (χ1n) is 11.6. The highest BCUT2D eigenvalue weighted by atomic mass is 32.1. The fraction of sp³-hybridized carbons (Fsp3) is 0.167. The van der Waals surface area contributed by atoms with Crippen LogP contribution in [0.15, 0.2) is 48.5 Å². The van der Waals surface area contributed by atoms with Gasteiger partial charge in [0.1, 0.15) is 0 Å². The van der Waals surface area contributed by atoms with Crippen LogP contribution >= 0.6 is 24.4 Å².